The average Bonchev–Trinajstić information content (AvgIpc) is 3.65. The minimum Gasteiger partial charge on any atom is -0.496 e. The number of nitrogen functional groups attached to an aromatic ring is 1. The van der Waals surface area contributed by atoms with Crippen LogP contribution in [0.5, 0.6) is 5.75 Å². The molecule has 3 aromatic rings. The summed E-state index contributed by atoms with van der Waals surface area (Å²) in [5, 5.41) is 34.9. The number of hydrogen-bond acceptors (Lipinski definition) is 16. The molecule has 0 radical (unpaired) electrons. The highest BCUT2D eigenvalue weighted by Crippen LogP contribution is 2.28. The molecule has 2 aromatic heterocycles. The van der Waals surface area contributed by atoms with Gasteiger partial charge in [0.25, 0.3) is 0 Å². The quantitative estimate of drug-likeness (QED) is 0.0350. The fraction of sp³-hybridized carbons (Fsp3) is 0.610. The molecule has 3 heterocycles. The van der Waals surface area contributed by atoms with Gasteiger partial charge in [0.15, 0.2) is 12.1 Å². The van der Waals surface area contributed by atoms with E-state index in [-0.39, 0.29) is 69.1 Å². The fourth-order valence-corrected chi connectivity index (χ4v) is 7.69. The van der Waals surface area contributed by atoms with Crippen molar-refractivity contribution in [3.05, 3.63) is 41.6 Å². The van der Waals surface area contributed by atoms with Gasteiger partial charge in [0, 0.05) is 82.7 Å². The van der Waals surface area contributed by atoms with Crippen molar-refractivity contribution < 1.29 is 48.7 Å². The molecular weight excluding hydrogens is 825 g/mol. The van der Waals surface area contributed by atoms with E-state index < -0.39 is 29.5 Å². The minimum absolute atomic E-state index is 0.00595. The lowest BCUT2D eigenvalue weighted by molar-refractivity contribution is -0.138. The number of nitrogens with one attached hydrogen (secondary N) is 3. The van der Waals surface area contributed by atoms with Crippen molar-refractivity contribution in [3.63, 3.8) is 0 Å². The number of fused-ring (bicyclic) bond motifs is 1. The number of aliphatic carboxylic acids is 1. The van der Waals surface area contributed by atoms with Gasteiger partial charge in [-0.2, -0.15) is 4.98 Å². The van der Waals surface area contributed by atoms with Crippen LogP contribution in [0, 0.1) is 0 Å². The molecule has 1 aromatic carbocycles. The van der Waals surface area contributed by atoms with Gasteiger partial charge in [-0.25, -0.2) is 4.98 Å². The number of carbonyl (C=O) groups is 4. The van der Waals surface area contributed by atoms with Crippen molar-refractivity contribution in [3.8, 4) is 5.75 Å². The molecule has 1 fully saturated rings. The molecule has 21 heteroatoms. The van der Waals surface area contributed by atoms with E-state index in [1.54, 1.807) is 7.11 Å². The van der Waals surface area contributed by atoms with Crippen molar-refractivity contribution in [1.82, 2.24) is 35.0 Å². The van der Waals surface area contributed by atoms with Crippen molar-refractivity contribution in [2.75, 3.05) is 96.2 Å². The number of aliphatic hydroxyl groups excluding tert-OH is 1. The zero-order chi connectivity index (χ0) is 44.9. The molecule has 1 aliphatic heterocycles. The number of hydrogen-bond donors (Lipinski definition) is 8. The maximum absolute atomic E-state index is 12.9. The summed E-state index contributed by atoms with van der Waals surface area (Å²) in [4.78, 5) is 61.6. The number of nitrogens with two attached hydrogens (primary N) is 2. The first-order valence-electron chi connectivity index (χ1n) is 21.1. The van der Waals surface area contributed by atoms with E-state index in [0.717, 1.165) is 90.9 Å². The molecule has 0 saturated carbocycles. The summed E-state index contributed by atoms with van der Waals surface area (Å²) in [7, 11) is 1.68. The van der Waals surface area contributed by atoms with Crippen LogP contribution in [-0.2, 0) is 41.7 Å². The smallest absolute Gasteiger partial charge is 0.317 e. The standard InChI is InChI=1S/C41H64N10O10S/c1-3-4-5-11-46-38-37-31(47-41(43)48-38)9-14-51(37)26-29-7-6-28(23-32(29)59-2)25-49-15-17-50(18-16-49)36(54)10-19-60-21-22-61-20-13-45-34(52)8-12-44-35(53)24-33(40(57)58)62-27-30(42)39(55)56/h6-7,9,14,23,30,33,39,55-56H,3-5,8,10-13,15-22,24-27,42H2,1-2H3,(H,44,53)(H,45,52)(H,57,58)(H3,43,46,47,48)/t30-,33+/m0/s1. The van der Waals surface area contributed by atoms with E-state index in [0.29, 0.717) is 32.8 Å². The van der Waals surface area contributed by atoms with Crippen molar-refractivity contribution in [2.45, 2.75) is 76.1 Å². The summed E-state index contributed by atoms with van der Waals surface area (Å²) in [6.07, 6.45) is 3.44. The summed E-state index contributed by atoms with van der Waals surface area (Å²) < 4.78 is 19.0. The SMILES string of the molecule is CCCCCNc1nc(N)nc2ccn(Cc3ccc(CN4CCN(C(=O)CCOCCOCCNC(=O)CCNC(=O)C[C@@H](SC[C@H](N)C(O)O)C(=O)O)CC4)cc3OC)c12. The molecule has 344 valence electrons. The van der Waals surface area contributed by atoms with Crippen molar-refractivity contribution in [2.24, 2.45) is 5.73 Å². The molecule has 0 spiro atoms. The van der Waals surface area contributed by atoms with Gasteiger partial charge in [-0.05, 0) is 24.1 Å². The first-order valence-corrected chi connectivity index (χ1v) is 22.1. The van der Waals surface area contributed by atoms with E-state index in [2.05, 4.69) is 60.5 Å². The number of amides is 3. The van der Waals surface area contributed by atoms with Gasteiger partial charge in [-0.1, -0.05) is 31.9 Å². The van der Waals surface area contributed by atoms with Crippen molar-refractivity contribution in [1.29, 1.82) is 0 Å². The molecule has 4 rings (SSSR count). The second kappa shape index (κ2) is 26.6. The van der Waals surface area contributed by atoms with Gasteiger partial charge >= 0.3 is 5.97 Å². The molecule has 1 aliphatic rings. The topological polar surface area (TPSA) is 282 Å². The van der Waals surface area contributed by atoms with E-state index >= 15 is 0 Å². The molecule has 3 amide bonds. The number of nitrogens with zero attached hydrogens (tertiary/aromatic N) is 5. The molecule has 62 heavy (non-hydrogen) atoms. The largest absolute Gasteiger partial charge is 0.496 e. The van der Waals surface area contributed by atoms with Crippen molar-refractivity contribution >= 4 is 58.3 Å². The Labute approximate surface area is 366 Å². The molecule has 10 N–H and O–H groups in total. The molecule has 2 atom stereocenters. The average molecular weight is 889 g/mol. The van der Waals surface area contributed by atoms with Gasteiger partial charge in [0.2, 0.25) is 23.7 Å². The normalized spacial score (nSPS) is 14.2. The van der Waals surface area contributed by atoms with Crippen LogP contribution >= 0.6 is 11.8 Å². The van der Waals surface area contributed by atoms with Gasteiger partial charge in [-0.3, -0.25) is 24.1 Å². The van der Waals surface area contributed by atoms with E-state index in [1.807, 2.05) is 17.2 Å². The summed E-state index contributed by atoms with van der Waals surface area (Å²) >= 11 is 0.832. The third-order valence-corrected chi connectivity index (χ3v) is 11.5. The predicted octanol–water partition coefficient (Wildman–Crippen LogP) is 0.577. The van der Waals surface area contributed by atoms with E-state index in [4.69, 9.17) is 35.9 Å². The number of carboxylic acids is 1. The number of thioether (sulfide) groups is 1. The maximum Gasteiger partial charge on any atom is 0.317 e. The highest BCUT2D eigenvalue weighted by Gasteiger charge is 2.25. The third-order valence-electron chi connectivity index (χ3n) is 10.1. The Balaban J connectivity index is 1.05. The summed E-state index contributed by atoms with van der Waals surface area (Å²) in [6, 6.07) is 7.21. The van der Waals surface area contributed by atoms with Crippen LogP contribution in [0.4, 0.5) is 11.8 Å². The number of benzene rings is 1. The lowest BCUT2D eigenvalue weighted by Crippen LogP contribution is -2.48. The Morgan fingerprint density at radius 1 is 0.903 bits per heavy atom. The number of carboxylic acid groups (broad SMARTS) is 1. The van der Waals surface area contributed by atoms with Crippen LogP contribution in [0.1, 0.15) is 56.6 Å². The van der Waals surface area contributed by atoms with Crippen LogP contribution in [0.15, 0.2) is 30.5 Å². The van der Waals surface area contributed by atoms with E-state index in [9.17, 15) is 24.3 Å². The maximum atomic E-state index is 12.9. The Morgan fingerprint density at radius 2 is 1.65 bits per heavy atom. The molecular formula is C41H64N10O10S. The number of ether oxygens (including phenoxy) is 3. The predicted molar refractivity (Wildman–Crippen MR) is 235 cm³/mol. The zero-order valence-electron chi connectivity index (χ0n) is 35.8. The minimum atomic E-state index is -1.79. The van der Waals surface area contributed by atoms with Crippen LogP contribution < -0.4 is 32.2 Å². The fourth-order valence-electron chi connectivity index (χ4n) is 6.65. The second-order valence-electron chi connectivity index (χ2n) is 14.9. The lowest BCUT2D eigenvalue weighted by Gasteiger charge is -2.35. The first kappa shape index (κ1) is 49.9. The summed E-state index contributed by atoms with van der Waals surface area (Å²) in [5.74, 6) is -0.338. The van der Waals surface area contributed by atoms with Crippen LogP contribution in [-0.4, -0.2) is 166 Å². The number of aliphatic hydroxyl groups is 2. The highest BCUT2D eigenvalue weighted by atomic mass is 32.2. The van der Waals surface area contributed by atoms with Gasteiger partial charge in [0.1, 0.15) is 16.5 Å². The van der Waals surface area contributed by atoms with Crippen LogP contribution in [0.3, 0.4) is 0 Å². The molecule has 0 bridgehead atoms. The van der Waals surface area contributed by atoms with Crippen LogP contribution in [0.25, 0.3) is 11.0 Å². The Hall–Kier alpha value is -4.77. The van der Waals surface area contributed by atoms with Gasteiger partial charge < -0.3 is 66.4 Å². The number of anilines is 2. The summed E-state index contributed by atoms with van der Waals surface area (Å²) in [6.45, 7) is 8.47. The van der Waals surface area contributed by atoms with E-state index in [1.165, 1.54) is 0 Å². The van der Waals surface area contributed by atoms with Crippen LogP contribution in [0.2, 0.25) is 0 Å². The number of aromatic nitrogens is 3. The number of piperazine rings is 1. The Morgan fingerprint density at radius 3 is 2.35 bits per heavy atom. The Bertz CT molecular complexity index is 1880. The number of carbonyl (C=O) groups excluding carboxylic acids is 3. The number of unbranched alkanes of at least 4 members (excludes halogenated alkanes) is 2. The molecule has 1 saturated heterocycles. The highest BCUT2D eigenvalue weighted by molar-refractivity contribution is 8.00. The Kier molecular flexibility index (Phi) is 21.4. The molecule has 20 nitrogen and oxygen atoms in total. The zero-order valence-corrected chi connectivity index (χ0v) is 36.6. The molecule has 0 unspecified atom stereocenters. The monoisotopic (exact) mass is 888 g/mol. The number of rotatable bonds is 29. The second-order valence-corrected chi connectivity index (χ2v) is 16.1. The lowest BCUT2D eigenvalue weighted by atomic mass is 10.1. The molecule has 0 aliphatic carbocycles. The van der Waals surface area contributed by atoms with Gasteiger partial charge in [-0.15, -0.1) is 11.8 Å². The first-order chi connectivity index (χ1) is 29.9. The number of methoxy groups -OCH3 is 1. The van der Waals surface area contributed by atoms with Gasteiger partial charge in [0.05, 0.1) is 58.1 Å². The summed E-state index contributed by atoms with van der Waals surface area (Å²) in [5.41, 5.74) is 15.4. The third kappa shape index (κ3) is 16.8.